The van der Waals surface area contributed by atoms with Gasteiger partial charge in [-0.2, -0.15) is 11.8 Å². The molecule has 0 bridgehead atoms. The van der Waals surface area contributed by atoms with Gasteiger partial charge in [0, 0.05) is 17.2 Å². The van der Waals surface area contributed by atoms with Crippen molar-refractivity contribution >= 4 is 29.3 Å². The standard InChI is InChI=1S/C12H22ClNOS/c1-12(2,8-13)11(15)14-9-6-4-5-7-10(9)16-3/h9-10H,4-8H2,1-3H3,(H,14,15). The minimum atomic E-state index is -0.456. The van der Waals surface area contributed by atoms with Crippen molar-refractivity contribution in [3.8, 4) is 0 Å². The van der Waals surface area contributed by atoms with Crippen molar-refractivity contribution in [3.05, 3.63) is 0 Å². The summed E-state index contributed by atoms with van der Waals surface area (Å²) in [5.41, 5.74) is -0.456. The van der Waals surface area contributed by atoms with E-state index in [-0.39, 0.29) is 5.91 Å². The average Bonchev–Trinajstić information content (AvgIpc) is 2.29. The van der Waals surface area contributed by atoms with Crippen molar-refractivity contribution in [2.75, 3.05) is 12.1 Å². The molecule has 1 aliphatic carbocycles. The first kappa shape index (κ1) is 14.2. The van der Waals surface area contributed by atoms with Crippen LogP contribution in [0.5, 0.6) is 0 Å². The molecule has 1 amide bonds. The molecule has 0 aromatic carbocycles. The van der Waals surface area contributed by atoms with Crippen LogP contribution in [0.3, 0.4) is 0 Å². The predicted molar refractivity (Wildman–Crippen MR) is 72.2 cm³/mol. The molecule has 4 heteroatoms. The van der Waals surface area contributed by atoms with Gasteiger partial charge in [0.25, 0.3) is 0 Å². The summed E-state index contributed by atoms with van der Waals surface area (Å²) in [7, 11) is 0. The van der Waals surface area contributed by atoms with Gasteiger partial charge in [-0.05, 0) is 32.9 Å². The maximum Gasteiger partial charge on any atom is 0.227 e. The molecule has 0 aliphatic heterocycles. The quantitative estimate of drug-likeness (QED) is 0.790. The van der Waals surface area contributed by atoms with Crippen LogP contribution in [0.15, 0.2) is 0 Å². The monoisotopic (exact) mass is 263 g/mol. The first-order valence-electron chi connectivity index (χ1n) is 5.91. The predicted octanol–water partition coefficient (Wildman–Crippen LogP) is 3.04. The lowest BCUT2D eigenvalue weighted by Crippen LogP contribution is -2.49. The number of alkyl halides is 1. The van der Waals surface area contributed by atoms with Crippen LogP contribution in [0, 0.1) is 5.41 Å². The van der Waals surface area contributed by atoms with Crippen LogP contribution in [0.25, 0.3) is 0 Å². The molecule has 16 heavy (non-hydrogen) atoms. The summed E-state index contributed by atoms with van der Waals surface area (Å²) in [4.78, 5) is 12.0. The van der Waals surface area contributed by atoms with E-state index in [0.29, 0.717) is 17.2 Å². The zero-order valence-corrected chi connectivity index (χ0v) is 12.0. The zero-order valence-electron chi connectivity index (χ0n) is 10.4. The molecule has 0 radical (unpaired) electrons. The lowest BCUT2D eigenvalue weighted by atomic mass is 9.91. The second kappa shape index (κ2) is 6.15. The third-order valence-electron chi connectivity index (χ3n) is 3.27. The Bertz CT molecular complexity index is 245. The zero-order chi connectivity index (χ0) is 12.2. The van der Waals surface area contributed by atoms with Crippen LogP contribution in [-0.4, -0.2) is 29.3 Å². The number of thioether (sulfide) groups is 1. The average molecular weight is 264 g/mol. The van der Waals surface area contributed by atoms with E-state index in [1.807, 2.05) is 25.6 Å². The van der Waals surface area contributed by atoms with E-state index >= 15 is 0 Å². The summed E-state index contributed by atoms with van der Waals surface area (Å²) in [5, 5.41) is 3.74. The molecule has 1 saturated carbocycles. The van der Waals surface area contributed by atoms with Gasteiger partial charge in [-0.25, -0.2) is 0 Å². The Morgan fingerprint density at radius 2 is 2.06 bits per heavy atom. The molecule has 0 spiro atoms. The summed E-state index contributed by atoms with van der Waals surface area (Å²) < 4.78 is 0. The minimum Gasteiger partial charge on any atom is -0.352 e. The van der Waals surface area contributed by atoms with E-state index in [1.54, 1.807) is 0 Å². The maximum atomic E-state index is 12.0. The van der Waals surface area contributed by atoms with Gasteiger partial charge in [0.05, 0.1) is 5.41 Å². The van der Waals surface area contributed by atoms with Crippen molar-refractivity contribution in [1.82, 2.24) is 5.32 Å². The fraction of sp³-hybridized carbons (Fsp3) is 0.917. The molecule has 94 valence electrons. The SMILES string of the molecule is CSC1CCCCC1NC(=O)C(C)(C)CCl. The minimum absolute atomic E-state index is 0.0912. The van der Waals surface area contributed by atoms with Crippen LogP contribution in [0.4, 0.5) is 0 Å². The second-order valence-electron chi connectivity index (χ2n) is 5.16. The van der Waals surface area contributed by atoms with Crippen molar-refractivity contribution in [2.24, 2.45) is 5.41 Å². The highest BCUT2D eigenvalue weighted by Gasteiger charge is 2.32. The molecule has 0 aromatic rings. The third kappa shape index (κ3) is 3.56. The van der Waals surface area contributed by atoms with Crippen molar-refractivity contribution in [2.45, 2.75) is 50.8 Å². The first-order chi connectivity index (χ1) is 7.51. The molecule has 0 heterocycles. The van der Waals surface area contributed by atoms with Crippen molar-refractivity contribution in [3.63, 3.8) is 0 Å². The molecule has 1 aliphatic rings. The summed E-state index contributed by atoms with van der Waals surface area (Å²) in [6.07, 6.45) is 6.96. The summed E-state index contributed by atoms with van der Waals surface area (Å²) >= 11 is 7.68. The van der Waals surface area contributed by atoms with Gasteiger partial charge in [0.1, 0.15) is 0 Å². The van der Waals surface area contributed by atoms with Crippen LogP contribution in [0.2, 0.25) is 0 Å². The third-order valence-corrected chi connectivity index (χ3v) is 5.11. The lowest BCUT2D eigenvalue weighted by Gasteiger charge is -2.33. The van der Waals surface area contributed by atoms with Crippen LogP contribution >= 0.6 is 23.4 Å². The molecular weight excluding hydrogens is 242 g/mol. The van der Waals surface area contributed by atoms with E-state index in [4.69, 9.17) is 11.6 Å². The Kier molecular flexibility index (Phi) is 5.45. The van der Waals surface area contributed by atoms with Crippen LogP contribution in [0.1, 0.15) is 39.5 Å². The summed E-state index contributed by atoms with van der Waals surface area (Å²) in [6.45, 7) is 3.79. The lowest BCUT2D eigenvalue weighted by molar-refractivity contribution is -0.129. The number of rotatable bonds is 4. The molecule has 0 saturated heterocycles. The number of nitrogens with one attached hydrogen (secondary N) is 1. The van der Waals surface area contributed by atoms with Gasteiger partial charge in [0.2, 0.25) is 5.91 Å². The largest absolute Gasteiger partial charge is 0.352 e. The number of hydrogen-bond donors (Lipinski definition) is 1. The van der Waals surface area contributed by atoms with Gasteiger partial charge in [0.15, 0.2) is 0 Å². The fourth-order valence-electron chi connectivity index (χ4n) is 1.97. The van der Waals surface area contributed by atoms with Crippen LogP contribution < -0.4 is 5.32 Å². The Morgan fingerprint density at radius 3 is 2.62 bits per heavy atom. The summed E-state index contributed by atoms with van der Waals surface area (Å²) in [6, 6.07) is 0.332. The first-order valence-corrected chi connectivity index (χ1v) is 7.73. The molecule has 2 unspecified atom stereocenters. The Morgan fingerprint density at radius 1 is 1.44 bits per heavy atom. The van der Waals surface area contributed by atoms with Gasteiger partial charge in [-0.3, -0.25) is 4.79 Å². The number of amides is 1. The Labute approximate surface area is 108 Å². The molecule has 0 aromatic heterocycles. The van der Waals surface area contributed by atoms with E-state index in [1.165, 1.54) is 19.3 Å². The highest BCUT2D eigenvalue weighted by Crippen LogP contribution is 2.28. The molecule has 1 N–H and O–H groups in total. The number of halogens is 1. The number of carbonyl (C=O) groups is 1. The molecule has 1 rings (SSSR count). The molecule has 2 nitrogen and oxygen atoms in total. The number of carbonyl (C=O) groups excluding carboxylic acids is 1. The topological polar surface area (TPSA) is 29.1 Å². The highest BCUT2D eigenvalue weighted by atomic mass is 35.5. The van der Waals surface area contributed by atoms with Gasteiger partial charge >= 0.3 is 0 Å². The van der Waals surface area contributed by atoms with Gasteiger partial charge in [-0.15, -0.1) is 11.6 Å². The van der Waals surface area contributed by atoms with E-state index in [0.717, 1.165) is 6.42 Å². The summed E-state index contributed by atoms with van der Waals surface area (Å²) in [5.74, 6) is 0.462. The van der Waals surface area contributed by atoms with E-state index in [9.17, 15) is 4.79 Å². The van der Waals surface area contributed by atoms with Gasteiger partial charge in [-0.1, -0.05) is 12.8 Å². The molecular formula is C12H22ClNOS. The molecule has 1 fully saturated rings. The van der Waals surface area contributed by atoms with Crippen molar-refractivity contribution < 1.29 is 4.79 Å². The fourth-order valence-corrected chi connectivity index (χ4v) is 3.02. The van der Waals surface area contributed by atoms with Crippen LogP contribution in [-0.2, 0) is 4.79 Å². The smallest absolute Gasteiger partial charge is 0.227 e. The van der Waals surface area contributed by atoms with E-state index < -0.39 is 5.41 Å². The Hall–Kier alpha value is 0.110. The molecule has 2 atom stereocenters. The number of hydrogen-bond acceptors (Lipinski definition) is 2. The maximum absolute atomic E-state index is 12.0. The normalized spacial score (nSPS) is 26.5. The van der Waals surface area contributed by atoms with E-state index in [2.05, 4.69) is 11.6 Å². The Balaban J connectivity index is 2.54. The second-order valence-corrected chi connectivity index (χ2v) is 6.50. The van der Waals surface area contributed by atoms with Gasteiger partial charge < -0.3 is 5.32 Å². The highest BCUT2D eigenvalue weighted by molar-refractivity contribution is 7.99. The van der Waals surface area contributed by atoms with Crippen molar-refractivity contribution in [1.29, 1.82) is 0 Å².